The van der Waals surface area contributed by atoms with Crippen LogP contribution in [-0.4, -0.2) is 42.7 Å². The summed E-state index contributed by atoms with van der Waals surface area (Å²) in [6, 6.07) is 9.22. The molecule has 1 fully saturated rings. The molecule has 7 nitrogen and oxygen atoms in total. The predicted octanol–water partition coefficient (Wildman–Crippen LogP) is 1.28. The monoisotopic (exact) mass is 292 g/mol. The van der Waals surface area contributed by atoms with Gasteiger partial charge in [0.05, 0.1) is 6.54 Å². The zero-order valence-electron chi connectivity index (χ0n) is 11.4. The average Bonchev–Trinajstić information content (AvgIpc) is 2.93. The van der Waals surface area contributed by atoms with Gasteiger partial charge in [0.1, 0.15) is 6.61 Å². The quantitative estimate of drug-likeness (QED) is 0.845. The summed E-state index contributed by atoms with van der Waals surface area (Å²) < 4.78 is 9.76. The van der Waals surface area contributed by atoms with Gasteiger partial charge in [0.25, 0.3) is 0 Å². The van der Waals surface area contributed by atoms with Crippen molar-refractivity contribution < 1.29 is 23.9 Å². The first-order valence-electron chi connectivity index (χ1n) is 6.53. The number of benzene rings is 1. The fourth-order valence-electron chi connectivity index (χ4n) is 1.81. The van der Waals surface area contributed by atoms with Gasteiger partial charge in [0, 0.05) is 13.0 Å². The van der Waals surface area contributed by atoms with E-state index in [1.165, 1.54) is 4.90 Å². The Kier molecular flexibility index (Phi) is 5.14. The van der Waals surface area contributed by atoms with Crippen LogP contribution in [0.1, 0.15) is 12.0 Å². The molecule has 0 saturated carbocycles. The van der Waals surface area contributed by atoms with Crippen molar-refractivity contribution >= 4 is 18.0 Å². The molecule has 1 aromatic rings. The molecule has 1 aliphatic heterocycles. The van der Waals surface area contributed by atoms with E-state index < -0.39 is 12.2 Å². The van der Waals surface area contributed by atoms with Gasteiger partial charge in [0.15, 0.2) is 12.5 Å². The van der Waals surface area contributed by atoms with Gasteiger partial charge in [-0.15, -0.1) is 0 Å². The fourth-order valence-corrected chi connectivity index (χ4v) is 1.81. The Morgan fingerprint density at radius 2 is 1.95 bits per heavy atom. The molecule has 0 aromatic heterocycles. The summed E-state index contributed by atoms with van der Waals surface area (Å²) in [5.41, 5.74) is 0.861. The minimum atomic E-state index is -0.677. The summed E-state index contributed by atoms with van der Waals surface area (Å²) in [5.74, 6) is 0.00202. The standard InChI is InChI=1S/C14H16N2O5/c17-12-6-7-16(8-12)14(19)21-10-15-13(18)20-9-11-4-2-1-3-5-11/h1-5H,6-10H2,(H,15,18). The lowest BCUT2D eigenvalue weighted by Crippen LogP contribution is -2.34. The van der Waals surface area contributed by atoms with Gasteiger partial charge in [-0.1, -0.05) is 30.3 Å². The van der Waals surface area contributed by atoms with Crippen LogP contribution in [0.4, 0.5) is 9.59 Å². The molecule has 2 amide bonds. The van der Waals surface area contributed by atoms with Gasteiger partial charge in [-0.05, 0) is 5.56 Å². The molecule has 0 unspecified atom stereocenters. The summed E-state index contributed by atoms with van der Waals surface area (Å²) in [6.07, 6.45) is -0.949. The third-order valence-electron chi connectivity index (χ3n) is 2.91. The van der Waals surface area contributed by atoms with E-state index in [1.807, 2.05) is 30.3 Å². The minimum absolute atomic E-state index is 0.00202. The number of carbonyl (C=O) groups excluding carboxylic acids is 3. The molecular weight excluding hydrogens is 276 g/mol. The highest BCUT2D eigenvalue weighted by Crippen LogP contribution is 2.05. The Hall–Kier alpha value is -2.57. The highest BCUT2D eigenvalue weighted by atomic mass is 16.6. The van der Waals surface area contributed by atoms with Crippen LogP contribution in [0.5, 0.6) is 0 Å². The molecule has 2 rings (SSSR count). The van der Waals surface area contributed by atoms with Crippen molar-refractivity contribution in [3.8, 4) is 0 Å². The second-order valence-electron chi connectivity index (χ2n) is 4.50. The molecule has 0 aliphatic carbocycles. The maximum atomic E-state index is 11.5. The number of hydrogen-bond acceptors (Lipinski definition) is 5. The molecule has 0 spiro atoms. The molecule has 21 heavy (non-hydrogen) atoms. The van der Waals surface area contributed by atoms with Crippen LogP contribution < -0.4 is 5.32 Å². The number of ketones is 1. The summed E-state index contributed by atoms with van der Waals surface area (Å²) in [7, 11) is 0. The van der Waals surface area contributed by atoms with E-state index in [9.17, 15) is 14.4 Å². The van der Waals surface area contributed by atoms with E-state index in [1.54, 1.807) is 0 Å². The smallest absolute Gasteiger partial charge is 0.411 e. The highest BCUT2D eigenvalue weighted by molar-refractivity contribution is 5.87. The first-order chi connectivity index (χ1) is 10.1. The van der Waals surface area contributed by atoms with E-state index in [0.29, 0.717) is 13.0 Å². The van der Waals surface area contributed by atoms with Crippen molar-refractivity contribution in [2.24, 2.45) is 0 Å². The molecule has 1 aliphatic rings. The topological polar surface area (TPSA) is 84.9 Å². The number of rotatable bonds is 4. The molecule has 7 heteroatoms. The molecule has 0 radical (unpaired) electrons. The lowest BCUT2D eigenvalue weighted by molar-refractivity contribution is -0.116. The van der Waals surface area contributed by atoms with Crippen molar-refractivity contribution in [1.29, 1.82) is 0 Å². The Balaban J connectivity index is 1.61. The molecule has 1 heterocycles. The largest absolute Gasteiger partial charge is 0.445 e. The Morgan fingerprint density at radius 1 is 1.19 bits per heavy atom. The van der Waals surface area contributed by atoms with E-state index in [0.717, 1.165) is 5.56 Å². The van der Waals surface area contributed by atoms with Crippen LogP contribution in [-0.2, 0) is 20.9 Å². The molecule has 0 atom stereocenters. The van der Waals surface area contributed by atoms with Crippen LogP contribution in [0.3, 0.4) is 0 Å². The normalized spacial score (nSPS) is 13.9. The van der Waals surface area contributed by atoms with E-state index in [-0.39, 0.29) is 25.7 Å². The molecular formula is C14H16N2O5. The molecule has 1 saturated heterocycles. The molecule has 112 valence electrons. The number of Topliss-reactive ketones (excluding diaryl/α,β-unsaturated/α-hetero) is 1. The second kappa shape index (κ2) is 7.28. The molecule has 1 N–H and O–H groups in total. The summed E-state index contributed by atoms with van der Waals surface area (Å²) >= 11 is 0. The summed E-state index contributed by atoms with van der Waals surface area (Å²) in [5, 5.41) is 2.30. The van der Waals surface area contributed by atoms with Gasteiger partial charge in [0.2, 0.25) is 0 Å². The number of ether oxygens (including phenoxy) is 2. The van der Waals surface area contributed by atoms with Crippen molar-refractivity contribution in [3.63, 3.8) is 0 Å². The third-order valence-corrected chi connectivity index (χ3v) is 2.91. The fraction of sp³-hybridized carbons (Fsp3) is 0.357. The lowest BCUT2D eigenvalue weighted by Gasteiger charge is -2.14. The lowest BCUT2D eigenvalue weighted by atomic mass is 10.2. The summed E-state index contributed by atoms with van der Waals surface area (Å²) in [4.78, 5) is 35.2. The molecule has 1 aromatic carbocycles. The number of amides is 2. The number of carbonyl (C=O) groups is 3. The van der Waals surface area contributed by atoms with Crippen molar-refractivity contribution in [3.05, 3.63) is 35.9 Å². The van der Waals surface area contributed by atoms with Crippen LogP contribution in [0.2, 0.25) is 0 Å². The number of alkyl carbamates (subject to hydrolysis) is 1. The van der Waals surface area contributed by atoms with E-state index in [2.05, 4.69) is 5.32 Å². The van der Waals surface area contributed by atoms with Gasteiger partial charge in [-0.25, -0.2) is 9.59 Å². The second-order valence-corrected chi connectivity index (χ2v) is 4.50. The van der Waals surface area contributed by atoms with Gasteiger partial charge in [-0.3, -0.25) is 10.1 Å². The van der Waals surface area contributed by atoms with E-state index in [4.69, 9.17) is 9.47 Å². The Morgan fingerprint density at radius 3 is 2.62 bits per heavy atom. The van der Waals surface area contributed by atoms with Crippen LogP contribution in [0.15, 0.2) is 30.3 Å². The maximum Gasteiger partial charge on any atom is 0.411 e. The van der Waals surface area contributed by atoms with Gasteiger partial charge < -0.3 is 14.4 Å². The number of nitrogens with one attached hydrogen (secondary N) is 1. The van der Waals surface area contributed by atoms with Crippen LogP contribution in [0, 0.1) is 0 Å². The average molecular weight is 292 g/mol. The van der Waals surface area contributed by atoms with Crippen molar-refractivity contribution in [2.45, 2.75) is 13.0 Å². The predicted molar refractivity (Wildman–Crippen MR) is 72.3 cm³/mol. The SMILES string of the molecule is O=C1CCN(C(=O)OCNC(=O)OCc2ccccc2)C1. The minimum Gasteiger partial charge on any atom is -0.445 e. The summed E-state index contributed by atoms with van der Waals surface area (Å²) in [6.45, 7) is 0.270. The van der Waals surface area contributed by atoms with E-state index >= 15 is 0 Å². The third kappa shape index (κ3) is 4.79. The number of likely N-dealkylation sites (tertiary alicyclic amines) is 1. The number of hydrogen-bond donors (Lipinski definition) is 1. The number of nitrogens with zero attached hydrogens (tertiary/aromatic N) is 1. The van der Waals surface area contributed by atoms with Crippen molar-refractivity contribution in [1.82, 2.24) is 10.2 Å². The first-order valence-corrected chi connectivity index (χ1v) is 6.53. The maximum absolute atomic E-state index is 11.5. The highest BCUT2D eigenvalue weighted by Gasteiger charge is 2.24. The Labute approximate surface area is 121 Å². The van der Waals surface area contributed by atoms with Crippen LogP contribution in [0.25, 0.3) is 0 Å². The van der Waals surface area contributed by atoms with Gasteiger partial charge >= 0.3 is 12.2 Å². The zero-order chi connectivity index (χ0) is 15.1. The molecule has 0 bridgehead atoms. The van der Waals surface area contributed by atoms with Gasteiger partial charge in [-0.2, -0.15) is 0 Å². The van der Waals surface area contributed by atoms with Crippen molar-refractivity contribution in [2.75, 3.05) is 19.8 Å². The zero-order valence-corrected chi connectivity index (χ0v) is 11.4. The first kappa shape index (κ1) is 14.8. The Bertz CT molecular complexity index is 517. The van der Waals surface area contributed by atoms with Crippen LogP contribution >= 0.6 is 0 Å².